The van der Waals surface area contributed by atoms with E-state index < -0.39 is 21.1 Å². The number of carbonyl (C=O) groups excluding carboxylic acids is 2. The maximum absolute atomic E-state index is 14.9. The van der Waals surface area contributed by atoms with Gasteiger partial charge in [-0.2, -0.15) is 0 Å². The van der Waals surface area contributed by atoms with E-state index in [1.54, 1.807) is 23.6 Å². The van der Waals surface area contributed by atoms with Crippen LogP contribution in [0.1, 0.15) is 82.6 Å². The summed E-state index contributed by atoms with van der Waals surface area (Å²) in [4.78, 5) is 30.4. The first-order chi connectivity index (χ1) is 21.9. The fraction of sp³-hybridized carbons (Fsp3) is 0.500. The molecule has 4 aliphatic rings. The summed E-state index contributed by atoms with van der Waals surface area (Å²) in [7, 11) is 0. The highest BCUT2D eigenvalue weighted by molar-refractivity contribution is 8.19. The molecule has 0 saturated carbocycles. The van der Waals surface area contributed by atoms with Crippen LogP contribution in [0, 0.1) is 6.92 Å². The fourth-order valence-corrected chi connectivity index (χ4v) is 12.7. The Morgan fingerprint density at radius 2 is 1.96 bits per heavy atom. The van der Waals surface area contributed by atoms with E-state index in [0.29, 0.717) is 35.6 Å². The second-order valence-corrected chi connectivity index (χ2v) is 17.7. The molecule has 1 aromatic carbocycles. The number of aliphatic hydroxyl groups is 4. The van der Waals surface area contributed by atoms with Crippen molar-refractivity contribution in [1.29, 1.82) is 0 Å². The van der Waals surface area contributed by atoms with Gasteiger partial charge < -0.3 is 20.4 Å². The monoisotopic (exact) mass is 723 g/mol. The lowest BCUT2D eigenvalue weighted by Gasteiger charge is -2.52. The molecule has 0 bridgehead atoms. The summed E-state index contributed by atoms with van der Waals surface area (Å²) in [5.74, 6) is 0.636. The quantitative estimate of drug-likeness (QED) is 0.165. The zero-order valence-corrected chi connectivity index (χ0v) is 30.9. The Morgan fingerprint density at radius 1 is 1.22 bits per heavy atom. The lowest BCUT2D eigenvalue weighted by molar-refractivity contribution is 0.201. The molecule has 5 N–H and O–H groups in total. The maximum atomic E-state index is 14.9. The molecule has 3 atom stereocenters. The highest BCUT2D eigenvalue weighted by Gasteiger charge is 2.56. The van der Waals surface area contributed by atoms with Gasteiger partial charge in [-0.05, 0) is 74.8 Å². The molecule has 1 fully saturated rings. The van der Waals surface area contributed by atoms with Crippen LogP contribution < -0.4 is 10.3 Å². The normalized spacial score (nSPS) is 25.0. The Bertz CT molecular complexity index is 1570. The van der Waals surface area contributed by atoms with Gasteiger partial charge in [0, 0.05) is 34.0 Å². The summed E-state index contributed by atoms with van der Waals surface area (Å²) in [5.41, 5.74) is 7.91. The van der Waals surface area contributed by atoms with Crippen molar-refractivity contribution < 1.29 is 30.0 Å². The van der Waals surface area contributed by atoms with E-state index in [1.807, 2.05) is 34.6 Å². The number of aliphatic hydroxyl groups excluding tert-OH is 4. The number of fused-ring (bicyclic) bond motifs is 3. The van der Waals surface area contributed by atoms with Crippen LogP contribution in [0.2, 0.25) is 0 Å². The van der Waals surface area contributed by atoms with Crippen molar-refractivity contribution in [2.24, 2.45) is 0 Å². The van der Waals surface area contributed by atoms with Crippen LogP contribution >= 0.6 is 58.8 Å². The summed E-state index contributed by atoms with van der Waals surface area (Å²) in [6, 6.07) is 1.61. The molecule has 3 unspecified atom stereocenters. The number of nitrogens with one attached hydrogen (secondary N) is 1. The zero-order chi connectivity index (χ0) is 33.6. The van der Waals surface area contributed by atoms with Gasteiger partial charge in [0.25, 0.3) is 0 Å². The van der Waals surface area contributed by atoms with Crippen LogP contribution in [0.3, 0.4) is 0 Å². The van der Waals surface area contributed by atoms with E-state index in [2.05, 4.69) is 23.0 Å². The third-order valence-electron chi connectivity index (χ3n) is 8.73. The SMILES string of the molecule is CCCC1(CC)C2=C(c3cc4c(c(C)c3N1C(=O)NN1C(=O)SCC1=C(C)C)C=CSC4)C(SCO)(SC(C)O)CC(O)=C(O)S2. The second-order valence-electron chi connectivity index (χ2n) is 11.8. The molecule has 250 valence electrons. The minimum Gasteiger partial charge on any atom is -0.508 e. The Morgan fingerprint density at radius 3 is 2.59 bits per heavy atom. The van der Waals surface area contributed by atoms with E-state index in [-0.39, 0.29) is 28.4 Å². The molecule has 1 aromatic rings. The van der Waals surface area contributed by atoms with Crippen molar-refractivity contribution in [3.63, 3.8) is 0 Å². The van der Waals surface area contributed by atoms with Crippen molar-refractivity contribution in [3.05, 3.63) is 60.8 Å². The Hall–Kier alpha value is -1.81. The number of anilines is 1. The Labute approximate surface area is 291 Å². The molecule has 14 heteroatoms. The van der Waals surface area contributed by atoms with E-state index in [9.17, 15) is 30.0 Å². The standard InChI is InChI=1S/C32H41N3O6S5/c1-7-10-31(8-2)27-25(32(44-16-36,46-19(6)37)13-24(38)28(39)45-27)22-12-20-14-42-11-9-21(20)18(5)26(22)34(31)29(40)33-35-23(17(3)4)15-43-30(35)41/h9,11-12,19,36-39H,7-8,10,13-16H2,1-6H3,(H,33,40). The molecule has 4 heterocycles. The summed E-state index contributed by atoms with van der Waals surface area (Å²) in [5, 5.41) is 46.8. The smallest absolute Gasteiger partial charge is 0.341 e. The van der Waals surface area contributed by atoms with Gasteiger partial charge in [-0.25, -0.2) is 15.2 Å². The minimum atomic E-state index is -1.11. The van der Waals surface area contributed by atoms with Crippen molar-refractivity contribution in [2.75, 3.05) is 16.6 Å². The van der Waals surface area contributed by atoms with E-state index in [0.717, 1.165) is 68.4 Å². The average molecular weight is 724 g/mol. The van der Waals surface area contributed by atoms with E-state index in [1.165, 1.54) is 28.5 Å². The number of allylic oxidation sites excluding steroid dienone is 2. The third kappa shape index (κ3) is 6.00. The van der Waals surface area contributed by atoms with Gasteiger partial charge >= 0.3 is 11.3 Å². The van der Waals surface area contributed by atoms with Crippen LogP contribution in [0.15, 0.2) is 38.5 Å². The first-order valence-electron chi connectivity index (χ1n) is 15.2. The van der Waals surface area contributed by atoms with Crippen LogP contribution in [0.5, 0.6) is 0 Å². The number of carbonyl (C=O) groups is 2. The largest absolute Gasteiger partial charge is 0.508 e. The Kier molecular flexibility index (Phi) is 10.8. The molecule has 5 rings (SSSR count). The number of hydrogen-bond acceptors (Lipinski definition) is 11. The third-order valence-corrected chi connectivity index (χ3v) is 14.3. The fourth-order valence-electron chi connectivity index (χ4n) is 6.77. The number of nitrogens with zero attached hydrogens (tertiary/aromatic N) is 2. The number of amides is 3. The predicted molar refractivity (Wildman–Crippen MR) is 197 cm³/mol. The predicted octanol–water partition coefficient (Wildman–Crippen LogP) is 8.65. The lowest BCUT2D eigenvalue weighted by atomic mass is 9.77. The maximum Gasteiger partial charge on any atom is 0.341 e. The summed E-state index contributed by atoms with van der Waals surface area (Å²) in [6.45, 7) is 11.5. The van der Waals surface area contributed by atoms with E-state index >= 15 is 0 Å². The number of thioether (sulfide) groups is 5. The molecule has 0 spiro atoms. The number of rotatable bonds is 8. The highest BCUT2D eigenvalue weighted by Crippen LogP contribution is 2.65. The van der Waals surface area contributed by atoms with Crippen LogP contribution in [-0.2, 0) is 5.75 Å². The first kappa shape index (κ1) is 35.5. The molecular formula is C32H41N3O6S5. The summed E-state index contributed by atoms with van der Waals surface area (Å²) >= 11 is 6.25. The summed E-state index contributed by atoms with van der Waals surface area (Å²) in [6.07, 6.45) is 3.67. The van der Waals surface area contributed by atoms with Crippen molar-refractivity contribution in [3.8, 4) is 0 Å². The molecule has 4 aliphatic heterocycles. The molecule has 3 amide bonds. The average Bonchev–Trinajstić information content (AvgIpc) is 3.32. The van der Waals surface area contributed by atoms with Gasteiger partial charge in [0.1, 0.15) is 5.76 Å². The van der Waals surface area contributed by atoms with Crippen molar-refractivity contribution in [1.82, 2.24) is 10.4 Å². The number of hydrazine groups is 1. The van der Waals surface area contributed by atoms with Gasteiger partial charge in [0.2, 0.25) is 0 Å². The van der Waals surface area contributed by atoms with Gasteiger partial charge in [0.05, 0.1) is 32.4 Å². The first-order valence-corrected chi connectivity index (χ1v) is 19.9. The van der Waals surface area contributed by atoms with Gasteiger partial charge in [-0.15, -0.1) is 35.3 Å². The Balaban J connectivity index is 1.89. The van der Waals surface area contributed by atoms with Crippen LogP contribution in [0.25, 0.3) is 11.6 Å². The zero-order valence-electron chi connectivity index (χ0n) is 26.8. The van der Waals surface area contributed by atoms with Crippen molar-refractivity contribution in [2.45, 2.75) is 88.0 Å². The molecule has 9 nitrogen and oxygen atoms in total. The van der Waals surface area contributed by atoms with Gasteiger partial charge in [-0.1, -0.05) is 49.4 Å². The molecule has 46 heavy (non-hydrogen) atoms. The van der Waals surface area contributed by atoms with Gasteiger partial charge in [0.15, 0.2) is 5.09 Å². The van der Waals surface area contributed by atoms with Crippen LogP contribution in [0.4, 0.5) is 15.3 Å². The molecular weight excluding hydrogens is 683 g/mol. The topological polar surface area (TPSA) is 134 Å². The molecule has 0 radical (unpaired) electrons. The molecule has 0 aromatic heterocycles. The number of benzene rings is 1. The second kappa shape index (κ2) is 14.0. The molecule has 0 aliphatic carbocycles. The lowest BCUT2D eigenvalue weighted by Crippen LogP contribution is -2.61. The van der Waals surface area contributed by atoms with Crippen LogP contribution in [-0.4, -0.2) is 63.5 Å². The van der Waals surface area contributed by atoms with E-state index in [4.69, 9.17) is 0 Å². The van der Waals surface area contributed by atoms with Crippen molar-refractivity contribution >= 4 is 87.4 Å². The molecule has 1 saturated heterocycles. The number of urea groups is 1. The summed E-state index contributed by atoms with van der Waals surface area (Å²) < 4.78 is -1.11. The minimum absolute atomic E-state index is 0.0444. The highest BCUT2D eigenvalue weighted by atomic mass is 32.2. The van der Waals surface area contributed by atoms with Gasteiger partial charge in [-0.3, -0.25) is 9.69 Å². The number of hydrogen-bond donors (Lipinski definition) is 5.